The fourth-order valence-electron chi connectivity index (χ4n) is 1.92. The molecule has 0 spiro atoms. The van der Waals surface area contributed by atoms with Gasteiger partial charge in [-0.25, -0.2) is 13.7 Å². The molecule has 138 valence electrons. The van der Waals surface area contributed by atoms with E-state index in [0.29, 0.717) is 0 Å². The van der Waals surface area contributed by atoms with Crippen molar-refractivity contribution < 1.29 is 56.3 Å². The lowest BCUT2D eigenvalue weighted by Crippen LogP contribution is -2.50. The number of phosphoric ester groups is 1. The lowest BCUT2D eigenvalue weighted by atomic mass is 9.98. The Labute approximate surface area is 130 Å². The van der Waals surface area contributed by atoms with Crippen LogP contribution in [0.25, 0.3) is 0 Å². The highest BCUT2D eigenvalue weighted by molar-refractivity contribution is 7.66. The molecular formula is C7H18NO12P3. The van der Waals surface area contributed by atoms with Crippen LogP contribution in [-0.4, -0.2) is 55.6 Å². The van der Waals surface area contributed by atoms with Crippen molar-refractivity contribution in [1.29, 1.82) is 0 Å². The SMILES string of the molecule is C[C@H]1CC(O)[C@@](CN)(COP(=O)(O)OP(=O)(O)OP(=O)(O)O)O1. The first-order valence-electron chi connectivity index (χ1n) is 6.05. The molecular weight excluding hydrogens is 383 g/mol. The van der Waals surface area contributed by atoms with Crippen LogP contribution in [0.1, 0.15) is 13.3 Å². The van der Waals surface area contributed by atoms with Crippen LogP contribution in [0.2, 0.25) is 0 Å². The van der Waals surface area contributed by atoms with E-state index < -0.39 is 47.9 Å². The van der Waals surface area contributed by atoms with Gasteiger partial charge in [0.15, 0.2) is 0 Å². The third-order valence-corrected chi connectivity index (χ3v) is 6.61. The van der Waals surface area contributed by atoms with Gasteiger partial charge in [0.1, 0.15) is 5.60 Å². The molecule has 0 aromatic rings. The molecule has 13 nitrogen and oxygen atoms in total. The van der Waals surface area contributed by atoms with Crippen molar-refractivity contribution in [3.63, 3.8) is 0 Å². The molecule has 0 aromatic heterocycles. The van der Waals surface area contributed by atoms with Gasteiger partial charge >= 0.3 is 23.5 Å². The fourth-order valence-corrected chi connectivity index (χ4v) is 5.00. The van der Waals surface area contributed by atoms with Crippen molar-refractivity contribution in [3.05, 3.63) is 0 Å². The number of ether oxygens (including phenoxy) is 1. The zero-order valence-electron chi connectivity index (χ0n) is 11.8. The van der Waals surface area contributed by atoms with E-state index in [1.54, 1.807) is 6.92 Å². The summed E-state index contributed by atoms with van der Waals surface area (Å²) in [5.41, 5.74) is 3.92. The van der Waals surface area contributed by atoms with Gasteiger partial charge in [0, 0.05) is 13.0 Å². The monoisotopic (exact) mass is 401 g/mol. The highest BCUT2D eigenvalue weighted by Crippen LogP contribution is 2.66. The Balaban J connectivity index is 2.74. The lowest BCUT2D eigenvalue weighted by molar-refractivity contribution is -0.0985. The normalized spacial score (nSPS) is 34.0. The van der Waals surface area contributed by atoms with Crippen LogP contribution in [0.15, 0.2) is 0 Å². The van der Waals surface area contributed by atoms with Crippen molar-refractivity contribution in [2.45, 2.75) is 31.2 Å². The molecule has 3 unspecified atom stereocenters. The topological polar surface area (TPSA) is 215 Å². The van der Waals surface area contributed by atoms with Gasteiger partial charge in [-0.1, -0.05) is 0 Å². The van der Waals surface area contributed by atoms with Crippen LogP contribution in [0.5, 0.6) is 0 Å². The minimum absolute atomic E-state index is 0.178. The summed E-state index contributed by atoms with van der Waals surface area (Å²) in [6.45, 7) is 0.540. The Hall–Kier alpha value is 0.290. The van der Waals surface area contributed by atoms with E-state index >= 15 is 0 Å². The molecule has 1 fully saturated rings. The molecule has 1 saturated heterocycles. The summed E-state index contributed by atoms with van der Waals surface area (Å²) < 4.78 is 50.1. The predicted octanol–water partition coefficient (Wildman–Crippen LogP) is -0.803. The van der Waals surface area contributed by atoms with E-state index in [4.69, 9.17) is 25.2 Å². The van der Waals surface area contributed by atoms with Crippen LogP contribution in [0.4, 0.5) is 0 Å². The molecule has 0 aromatic carbocycles. The second-order valence-corrected chi connectivity index (χ2v) is 9.23. The van der Waals surface area contributed by atoms with E-state index in [-0.39, 0.29) is 13.0 Å². The third kappa shape index (κ3) is 6.60. The molecule has 1 heterocycles. The van der Waals surface area contributed by atoms with Crippen LogP contribution in [0, 0.1) is 0 Å². The van der Waals surface area contributed by atoms with Crippen LogP contribution < -0.4 is 5.73 Å². The molecule has 0 aliphatic carbocycles. The zero-order valence-corrected chi connectivity index (χ0v) is 14.5. The van der Waals surface area contributed by atoms with Gasteiger partial charge in [-0.3, -0.25) is 4.52 Å². The quantitative estimate of drug-likeness (QED) is 0.275. The Morgan fingerprint density at radius 1 is 1.17 bits per heavy atom. The predicted molar refractivity (Wildman–Crippen MR) is 72.8 cm³/mol. The Morgan fingerprint density at radius 3 is 2.13 bits per heavy atom. The van der Waals surface area contributed by atoms with Gasteiger partial charge < -0.3 is 35.2 Å². The summed E-state index contributed by atoms with van der Waals surface area (Å²) >= 11 is 0. The molecule has 1 aliphatic heterocycles. The molecule has 5 atom stereocenters. The van der Waals surface area contributed by atoms with Gasteiger partial charge in [0.25, 0.3) is 0 Å². The fraction of sp³-hybridized carbons (Fsp3) is 1.00. The number of aliphatic hydroxyl groups is 1. The van der Waals surface area contributed by atoms with Crippen LogP contribution in [0.3, 0.4) is 0 Å². The summed E-state index contributed by atoms with van der Waals surface area (Å²) in [4.78, 5) is 35.1. The minimum Gasteiger partial charge on any atom is -0.390 e. The van der Waals surface area contributed by atoms with E-state index in [1.807, 2.05) is 0 Å². The van der Waals surface area contributed by atoms with Gasteiger partial charge in [-0.2, -0.15) is 8.62 Å². The van der Waals surface area contributed by atoms with Gasteiger partial charge in [0.05, 0.1) is 18.8 Å². The first-order valence-corrected chi connectivity index (χ1v) is 10.6. The Morgan fingerprint density at radius 2 is 1.74 bits per heavy atom. The molecule has 0 saturated carbocycles. The summed E-state index contributed by atoms with van der Waals surface area (Å²) in [6.07, 6.45) is -1.37. The lowest BCUT2D eigenvalue weighted by Gasteiger charge is -2.30. The summed E-state index contributed by atoms with van der Waals surface area (Å²) in [7, 11) is -16.3. The van der Waals surface area contributed by atoms with Crippen molar-refractivity contribution in [3.8, 4) is 0 Å². The van der Waals surface area contributed by atoms with E-state index in [2.05, 4.69) is 13.1 Å². The molecule has 0 bridgehead atoms. The first-order chi connectivity index (χ1) is 10.2. The van der Waals surface area contributed by atoms with Crippen LogP contribution in [-0.2, 0) is 31.6 Å². The molecule has 0 amide bonds. The summed E-state index contributed by atoms with van der Waals surface area (Å²) in [5.74, 6) is 0. The molecule has 7 N–H and O–H groups in total. The van der Waals surface area contributed by atoms with E-state index in [0.717, 1.165) is 0 Å². The van der Waals surface area contributed by atoms with Crippen molar-refractivity contribution in [2.75, 3.05) is 13.2 Å². The average molecular weight is 401 g/mol. The molecule has 1 aliphatic rings. The molecule has 16 heteroatoms. The number of hydrogen-bond donors (Lipinski definition) is 6. The second-order valence-electron chi connectivity index (χ2n) is 4.81. The highest BCUT2D eigenvalue weighted by atomic mass is 31.3. The zero-order chi connectivity index (χ0) is 18.1. The second kappa shape index (κ2) is 7.27. The number of nitrogens with two attached hydrogens (primary N) is 1. The average Bonchev–Trinajstić information content (AvgIpc) is 2.57. The maximum atomic E-state index is 11.6. The van der Waals surface area contributed by atoms with E-state index in [1.165, 1.54) is 0 Å². The standard InChI is InChI=1S/C7H18NO12P3/c1-5-2-6(9)7(3-8,18-5)4-17-22(13,14)20-23(15,16)19-21(10,11)12/h5-6,9H,2-4,8H2,1H3,(H,13,14)(H,15,16)(H2,10,11,12)/t5-,6?,7+/m0/s1. The summed E-state index contributed by atoms with van der Waals surface area (Å²) in [6, 6.07) is 0. The first kappa shape index (κ1) is 21.3. The number of hydrogen-bond acceptors (Lipinski definition) is 9. The van der Waals surface area contributed by atoms with Crippen molar-refractivity contribution >= 4 is 23.5 Å². The van der Waals surface area contributed by atoms with Crippen molar-refractivity contribution in [1.82, 2.24) is 0 Å². The molecule has 1 rings (SSSR count). The van der Waals surface area contributed by atoms with Crippen molar-refractivity contribution in [2.24, 2.45) is 5.73 Å². The van der Waals surface area contributed by atoms with Gasteiger partial charge in [-0.05, 0) is 6.92 Å². The highest BCUT2D eigenvalue weighted by Gasteiger charge is 2.49. The number of aliphatic hydroxyl groups excluding tert-OH is 1. The summed E-state index contributed by atoms with van der Waals surface area (Å²) in [5, 5.41) is 9.86. The van der Waals surface area contributed by atoms with Gasteiger partial charge in [0.2, 0.25) is 0 Å². The largest absolute Gasteiger partial charge is 0.490 e. The number of phosphoric acid groups is 3. The maximum Gasteiger partial charge on any atom is 0.490 e. The number of rotatable bonds is 8. The van der Waals surface area contributed by atoms with Crippen LogP contribution >= 0.6 is 23.5 Å². The van der Waals surface area contributed by atoms with Gasteiger partial charge in [-0.15, -0.1) is 0 Å². The molecule has 0 radical (unpaired) electrons. The molecule has 23 heavy (non-hydrogen) atoms. The maximum absolute atomic E-state index is 11.6. The Kier molecular flexibility index (Phi) is 6.74. The Bertz CT molecular complexity index is 563. The third-order valence-electron chi connectivity index (χ3n) is 2.83. The van der Waals surface area contributed by atoms with E-state index in [9.17, 15) is 23.7 Å². The minimum atomic E-state index is -5.59. The smallest absolute Gasteiger partial charge is 0.390 e.